The first-order valence-electron chi connectivity index (χ1n) is 10.9. The zero-order valence-electron chi connectivity index (χ0n) is 17.4. The smallest absolute Gasteiger partial charge is 0.0117 e. The van der Waals surface area contributed by atoms with Gasteiger partial charge in [-0.25, -0.2) is 0 Å². The summed E-state index contributed by atoms with van der Waals surface area (Å²) in [5.74, 6) is 0.803. The predicted molar refractivity (Wildman–Crippen MR) is 113 cm³/mol. The number of nitrogens with zero attached hydrogens (tertiary/aromatic N) is 1. The Balaban J connectivity index is 4.20. The lowest BCUT2D eigenvalue weighted by molar-refractivity contribution is 0.171. The zero-order chi connectivity index (χ0) is 18.8. The lowest BCUT2D eigenvalue weighted by atomic mass is 9.85. The van der Waals surface area contributed by atoms with E-state index in [0.717, 1.165) is 25.6 Å². The van der Waals surface area contributed by atoms with Gasteiger partial charge in [0, 0.05) is 6.04 Å². The van der Waals surface area contributed by atoms with Gasteiger partial charge >= 0.3 is 0 Å². The first-order valence-corrected chi connectivity index (χ1v) is 10.9. The Labute approximate surface area is 158 Å². The van der Waals surface area contributed by atoms with Crippen molar-refractivity contribution in [2.75, 3.05) is 33.7 Å². The lowest BCUT2D eigenvalue weighted by Crippen LogP contribution is -2.35. The fourth-order valence-corrected chi connectivity index (χ4v) is 3.93. The largest absolute Gasteiger partial charge is 0.330 e. The van der Waals surface area contributed by atoms with Gasteiger partial charge in [-0.2, -0.15) is 0 Å². The molecule has 0 amide bonds. The van der Waals surface area contributed by atoms with Crippen molar-refractivity contribution in [1.82, 2.24) is 4.90 Å². The standard InChI is InChI=1S/C21H48N4/c1-25(2)21(16-10-6-8-12-18-23)20(15-13-19-24)14-9-5-3-4-7-11-17-22/h20-21H,3-19,22-24H2,1-2H3. The van der Waals surface area contributed by atoms with Crippen LogP contribution in [0, 0.1) is 5.92 Å². The fourth-order valence-electron chi connectivity index (χ4n) is 3.93. The maximum absolute atomic E-state index is 5.80. The Morgan fingerprint density at radius 2 is 0.920 bits per heavy atom. The van der Waals surface area contributed by atoms with E-state index >= 15 is 0 Å². The molecule has 0 saturated carbocycles. The number of rotatable bonds is 19. The van der Waals surface area contributed by atoms with Crippen LogP contribution in [0.5, 0.6) is 0 Å². The van der Waals surface area contributed by atoms with E-state index in [2.05, 4.69) is 19.0 Å². The van der Waals surface area contributed by atoms with Crippen LogP contribution >= 0.6 is 0 Å². The predicted octanol–water partition coefficient (Wildman–Crippen LogP) is 3.87. The van der Waals surface area contributed by atoms with Crippen LogP contribution < -0.4 is 17.2 Å². The van der Waals surface area contributed by atoms with E-state index in [1.165, 1.54) is 89.9 Å². The summed E-state index contributed by atoms with van der Waals surface area (Å²) in [5, 5.41) is 0. The number of nitrogens with two attached hydrogens (primary N) is 3. The Morgan fingerprint density at radius 1 is 0.520 bits per heavy atom. The summed E-state index contributed by atoms with van der Waals surface area (Å²) < 4.78 is 0. The Morgan fingerprint density at radius 3 is 1.40 bits per heavy atom. The molecule has 4 nitrogen and oxygen atoms in total. The molecule has 0 heterocycles. The number of hydrogen-bond donors (Lipinski definition) is 3. The van der Waals surface area contributed by atoms with Gasteiger partial charge in [-0.3, -0.25) is 0 Å². The highest BCUT2D eigenvalue weighted by atomic mass is 15.1. The third-order valence-corrected chi connectivity index (χ3v) is 5.47. The zero-order valence-corrected chi connectivity index (χ0v) is 17.4. The molecule has 0 fully saturated rings. The number of unbranched alkanes of at least 4 members (excludes halogenated alkanes) is 8. The van der Waals surface area contributed by atoms with Gasteiger partial charge in [0.25, 0.3) is 0 Å². The molecule has 0 aromatic rings. The second kappa shape index (κ2) is 18.6. The molecule has 0 spiro atoms. The minimum absolute atomic E-state index is 0.710. The second-order valence-corrected chi connectivity index (χ2v) is 7.91. The summed E-state index contributed by atoms with van der Waals surface area (Å²) >= 11 is 0. The Bertz CT molecular complexity index is 258. The molecule has 0 aliphatic heterocycles. The molecular weight excluding hydrogens is 308 g/mol. The number of hydrogen-bond acceptors (Lipinski definition) is 4. The third-order valence-electron chi connectivity index (χ3n) is 5.47. The van der Waals surface area contributed by atoms with Gasteiger partial charge in [-0.15, -0.1) is 0 Å². The topological polar surface area (TPSA) is 81.3 Å². The molecule has 2 atom stereocenters. The molecule has 0 rings (SSSR count). The molecule has 0 saturated heterocycles. The van der Waals surface area contributed by atoms with Crippen LogP contribution in [-0.2, 0) is 0 Å². The van der Waals surface area contributed by atoms with Crippen LogP contribution in [0.15, 0.2) is 0 Å². The minimum atomic E-state index is 0.710. The molecule has 0 radical (unpaired) electrons. The SMILES string of the molecule is CN(C)C(CCCCCCN)C(CCCN)CCCCCCCCN. The van der Waals surface area contributed by atoms with E-state index in [-0.39, 0.29) is 0 Å². The maximum Gasteiger partial charge on any atom is 0.0117 e. The van der Waals surface area contributed by atoms with Crippen molar-refractivity contribution >= 4 is 0 Å². The molecule has 0 bridgehead atoms. The van der Waals surface area contributed by atoms with Gasteiger partial charge in [0.1, 0.15) is 0 Å². The van der Waals surface area contributed by atoms with Gasteiger partial charge in [-0.05, 0) is 78.2 Å². The van der Waals surface area contributed by atoms with Gasteiger partial charge < -0.3 is 22.1 Å². The minimum Gasteiger partial charge on any atom is -0.330 e. The summed E-state index contributed by atoms with van der Waals surface area (Å²) in [5.41, 5.74) is 17.0. The molecule has 2 unspecified atom stereocenters. The normalized spacial score (nSPS) is 14.2. The van der Waals surface area contributed by atoms with Crippen LogP contribution in [0.1, 0.15) is 89.9 Å². The summed E-state index contributed by atoms with van der Waals surface area (Å²) in [6.07, 6.45) is 18.2. The molecule has 4 heteroatoms. The molecule has 6 N–H and O–H groups in total. The average molecular weight is 357 g/mol. The molecule has 0 aliphatic rings. The second-order valence-electron chi connectivity index (χ2n) is 7.91. The molecular formula is C21H48N4. The summed E-state index contributed by atoms with van der Waals surface area (Å²) in [7, 11) is 4.51. The van der Waals surface area contributed by atoms with Crippen molar-refractivity contribution in [2.24, 2.45) is 23.1 Å². The van der Waals surface area contributed by atoms with Gasteiger partial charge in [-0.1, -0.05) is 51.4 Å². The summed E-state index contributed by atoms with van der Waals surface area (Å²) in [4.78, 5) is 2.46. The van der Waals surface area contributed by atoms with Gasteiger partial charge in [0.2, 0.25) is 0 Å². The van der Waals surface area contributed by atoms with Crippen molar-refractivity contribution in [2.45, 2.75) is 95.9 Å². The van der Waals surface area contributed by atoms with Gasteiger partial charge in [0.05, 0.1) is 0 Å². The summed E-state index contributed by atoms with van der Waals surface area (Å²) in [6.45, 7) is 2.50. The van der Waals surface area contributed by atoms with Crippen molar-refractivity contribution in [1.29, 1.82) is 0 Å². The van der Waals surface area contributed by atoms with Crippen molar-refractivity contribution < 1.29 is 0 Å². The van der Waals surface area contributed by atoms with E-state index in [1.54, 1.807) is 0 Å². The fraction of sp³-hybridized carbons (Fsp3) is 1.00. The van der Waals surface area contributed by atoms with Crippen LogP contribution in [0.4, 0.5) is 0 Å². The molecule has 25 heavy (non-hydrogen) atoms. The first-order chi connectivity index (χ1) is 12.2. The van der Waals surface area contributed by atoms with Crippen molar-refractivity contribution in [3.05, 3.63) is 0 Å². The molecule has 0 aromatic heterocycles. The van der Waals surface area contributed by atoms with Crippen LogP contribution in [0.3, 0.4) is 0 Å². The van der Waals surface area contributed by atoms with Crippen molar-refractivity contribution in [3.8, 4) is 0 Å². The van der Waals surface area contributed by atoms with E-state index in [0.29, 0.717) is 6.04 Å². The first kappa shape index (κ1) is 24.8. The molecule has 0 aromatic carbocycles. The molecule has 152 valence electrons. The Hall–Kier alpha value is -0.160. The highest BCUT2D eigenvalue weighted by Crippen LogP contribution is 2.26. The van der Waals surface area contributed by atoms with Crippen LogP contribution in [0.25, 0.3) is 0 Å². The van der Waals surface area contributed by atoms with Crippen LogP contribution in [0.2, 0.25) is 0 Å². The maximum atomic E-state index is 5.80. The van der Waals surface area contributed by atoms with E-state index < -0.39 is 0 Å². The Kier molecular flexibility index (Phi) is 18.5. The van der Waals surface area contributed by atoms with E-state index in [9.17, 15) is 0 Å². The van der Waals surface area contributed by atoms with Gasteiger partial charge in [0.15, 0.2) is 0 Å². The average Bonchev–Trinajstić information content (AvgIpc) is 2.60. The summed E-state index contributed by atoms with van der Waals surface area (Å²) in [6, 6.07) is 0.710. The van der Waals surface area contributed by atoms with Crippen LogP contribution in [-0.4, -0.2) is 44.7 Å². The van der Waals surface area contributed by atoms with E-state index in [4.69, 9.17) is 17.2 Å². The third kappa shape index (κ3) is 14.7. The lowest BCUT2D eigenvalue weighted by Gasteiger charge is -2.33. The highest BCUT2D eigenvalue weighted by molar-refractivity contribution is 4.77. The van der Waals surface area contributed by atoms with Crippen molar-refractivity contribution in [3.63, 3.8) is 0 Å². The van der Waals surface area contributed by atoms with E-state index in [1.807, 2.05) is 0 Å². The quantitative estimate of drug-likeness (QED) is 0.307. The molecule has 0 aliphatic carbocycles. The highest BCUT2D eigenvalue weighted by Gasteiger charge is 2.22. The monoisotopic (exact) mass is 356 g/mol.